The highest BCUT2D eigenvalue weighted by Gasteiger charge is 2.35. The molecule has 1 aromatic rings. The SMILES string of the molecule is COc1ccc(C2CN(C(=O)CC3CCN(C(=O)OC(C)(C)C)C3)C2)cc1. The lowest BCUT2D eigenvalue weighted by atomic mass is 9.90. The molecule has 0 radical (unpaired) electrons. The van der Waals surface area contributed by atoms with Crippen LogP contribution >= 0.6 is 0 Å². The van der Waals surface area contributed by atoms with Gasteiger partial charge in [0, 0.05) is 38.5 Å². The number of hydrogen-bond donors (Lipinski definition) is 0. The molecule has 0 N–H and O–H groups in total. The van der Waals surface area contributed by atoms with Crippen LogP contribution in [0.5, 0.6) is 5.75 Å². The molecular formula is C21H30N2O4. The number of carbonyl (C=O) groups excluding carboxylic acids is 2. The number of carbonyl (C=O) groups is 2. The van der Waals surface area contributed by atoms with E-state index in [4.69, 9.17) is 9.47 Å². The molecule has 2 fully saturated rings. The number of benzene rings is 1. The molecule has 2 aliphatic heterocycles. The molecule has 0 aliphatic carbocycles. The first-order valence-corrected chi connectivity index (χ1v) is 9.65. The molecule has 6 nitrogen and oxygen atoms in total. The van der Waals surface area contributed by atoms with Gasteiger partial charge < -0.3 is 19.3 Å². The van der Waals surface area contributed by atoms with Crippen molar-refractivity contribution in [1.29, 1.82) is 0 Å². The Bertz CT molecular complexity index is 674. The summed E-state index contributed by atoms with van der Waals surface area (Å²) in [6, 6.07) is 8.06. The lowest BCUT2D eigenvalue weighted by molar-refractivity contribution is -0.136. The van der Waals surface area contributed by atoms with Crippen molar-refractivity contribution in [2.24, 2.45) is 5.92 Å². The average Bonchev–Trinajstić information content (AvgIpc) is 3.01. The van der Waals surface area contributed by atoms with Gasteiger partial charge in [0.05, 0.1) is 7.11 Å². The maximum Gasteiger partial charge on any atom is 0.410 e. The van der Waals surface area contributed by atoms with Gasteiger partial charge in [-0.25, -0.2) is 4.79 Å². The summed E-state index contributed by atoms with van der Waals surface area (Å²) in [4.78, 5) is 28.3. The summed E-state index contributed by atoms with van der Waals surface area (Å²) in [7, 11) is 1.66. The highest BCUT2D eigenvalue weighted by Crippen LogP contribution is 2.30. The fourth-order valence-electron chi connectivity index (χ4n) is 3.64. The monoisotopic (exact) mass is 374 g/mol. The van der Waals surface area contributed by atoms with Crippen LogP contribution in [0.3, 0.4) is 0 Å². The Balaban J connectivity index is 1.42. The number of hydrogen-bond acceptors (Lipinski definition) is 4. The van der Waals surface area contributed by atoms with Crippen molar-refractivity contribution in [2.75, 3.05) is 33.3 Å². The molecule has 0 aromatic heterocycles. The fraction of sp³-hybridized carbons (Fsp3) is 0.619. The van der Waals surface area contributed by atoms with Gasteiger partial charge in [-0.05, 0) is 50.8 Å². The van der Waals surface area contributed by atoms with E-state index in [-0.39, 0.29) is 17.9 Å². The van der Waals surface area contributed by atoms with Crippen molar-refractivity contribution in [1.82, 2.24) is 9.80 Å². The molecule has 6 heteroatoms. The van der Waals surface area contributed by atoms with Crippen LogP contribution in [0.4, 0.5) is 4.79 Å². The van der Waals surface area contributed by atoms with Crippen molar-refractivity contribution in [3.8, 4) is 5.75 Å². The molecule has 1 aromatic carbocycles. The van der Waals surface area contributed by atoms with E-state index < -0.39 is 5.60 Å². The predicted octanol–water partition coefficient (Wildman–Crippen LogP) is 3.27. The van der Waals surface area contributed by atoms with Gasteiger partial charge in [0.15, 0.2) is 0 Å². The van der Waals surface area contributed by atoms with Crippen LogP contribution in [0, 0.1) is 5.92 Å². The number of ether oxygens (including phenoxy) is 2. The van der Waals surface area contributed by atoms with E-state index in [0.29, 0.717) is 25.4 Å². The molecule has 0 saturated carbocycles. The third-order valence-electron chi connectivity index (χ3n) is 5.22. The zero-order valence-electron chi connectivity index (χ0n) is 16.7. The molecule has 0 bridgehead atoms. The quantitative estimate of drug-likeness (QED) is 0.812. The van der Waals surface area contributed by atoms with Crippen LogP contribution < -0.4 is 4.74 Å². The Morgan fingerprint density at radius 1 is 1.07 bits per heavy atom. The molecule has 27 heavy (non-hydrogen) atoms. The van der Waals surface area contributed by atoms with E-state index >= 15 is 0 Å². The zero-order chi connectivity index (χ0) is 19.6. The van der Waals surface area contributed by atoms with E-state index in [2.05, 4.69) is 12.1 Å². The molecule has 148 valence electrons. The van der Waals surface area contributed by atoms with Gasteiger partial charge in [0.1, 0.15) is 11.4 Å². The van der Waals surface area contributed by atoms with E-state index in [1.165, 1.54) is 5.56 Å². The van der Waals surface area contributed by atoms with Gasteiger partial charge in [-0.1, -0.05) is 12.1 Å². The molecule has 2 heterocycles. The van der Waals surface area contributed by atoms with Crippen LogP contribution in [0.25, 0.3) is 0 Å². The standard InChI is InChI=1S/C21H30N2O4/c1-21(2,3)27-20(25)22-10-9-15(12-22)11-19(24)23-13-17(14-23)16-5-7-18(26-4)8-6-16/h5-8,15,17H,9-14H2,1-4H3. The van der Waals surface area contributed by atoms with Gasteiger partial charge in [-0.3, -0.25) is 4.79 Å². The zero-order valence-corrected chi connectivity index (χ0v) is 16.7. The minimum absolute atomic E-state index is 0.191. The summed E-state index contributed by atoms with van der Waals surface area (Å²) in [6.07, 6.45) is 1.09. The van der Waals surface area contributed by atoms with Crippen LogP contribution in [0.1, 0.15) is 45.1 Å². The Hall–Kier alpha value is -2.24. The molecule has 1 atom stereocenters. The number of likely N-dealkylation sites (tertiary alicyclic amines) is 2. The van der Waals surface area contributed by atoms with Gasteiger partial charge in [-0.2, -0.15) is 0 Å². The molecule has 3 rings (SSSR count). The van der Waals surface area contributed by atoms with Crippen molar-refractivity contribution in [2.45, 2.75) is 45.1 Å². The number of methoxy groups -OCH3 is 1. The summed E-state index contributed by atoms with van der Waals surface area (Å²) < 4.78 is 10.6. The third-order valence-corrected chi connectivity index (χ3v) is 5.22. The van der Waals surface area contributed by atoms with E-state index in [1.807, 2.05) is 37.8 Å². The lowest BCUT2D eigenvalue weighted by Crippen LogP contribution is -2.49. The maximum atomic E-state index is 12.5. The Morgan fingerprint density at radius 2 is 1.74 bits per heavy atom. The van der Waals surface area contributed by atoms with Gasteiger partial charge in [-0.15, -0.1) is 0 Å². The second-order valence-electron chi connectivity index (χ2n) is 8.55. The van der Waals surface area contributed by atoms with E-state index in [1.54, 1.807) is 12.0 Å². The highest BCUT2D eigenvalue weighted by atomic mass is 16.6. The predicted molar refractivity (Wildman–Crippen MR) is 103 cm³/mol. The van der Waals surface area contributed by atoms with E-state index in [0.717, 1.165) is 25.3 Å². The van der Waals surface area contributed by atoms with Crippen LogP contribution in [0.15, 0.2) is 24.3 Å². The highest BCUT2D eigenvalue weighted by molar-refractivity contribution is 5.78. The van der Waals surface area contributed by atoms with Gasteiger partial charge >= 0.3 is 6.09 Å². The summed E-state index contributed by atoms with van der Waals surface area (Å²) in [5, 5.41) is 0. The first kappa shape index (κ1) is 19.5. The molecule has 2 saturated heterocycles. The van der Waals surface area contributed by atoms with Crippen molar-refractivity contribution in [3.63, 3.8) is 0 Å². The van der Waals surface area contributed by atoms with Crippen molar-refractivity contribution < 1.29 is 19.1 Å². The first-order chi connectivity index (χ1) is 12.7. The van der Waals surface area contributed by atoms with Crippen LogP contribution in [-0.4, -0.2) is 60.7 Å². The summed E-state index contributed by atoms with van der Waals surface area (Å²) in [5.74, 6) is 1.67. The third kappa shape index (κ3) is 4.93. The largest absolute Gasteiger partial charge is 0.497 e. The number of nitrogens with zero attached hydrogens (tertiary/aromatic N) is 2. The van der Waals surface area contributed by atoms with Gasteiger partial charge in [0.25, 0.3) is 0 Å². The first-order valence-electron chi connectivity index (χ1n) is 9.65. The van der Waals surface area contributed by atoms with E-state index in [9.17, 15) is 9.59 Å². The average molecular weight is 374 g/mol. The summed E-state index contributed by atoms with van der Waals surface area (Å²) in [5.41, 5.74) is 0.760. The number of rotatable bonds is 4. The molecule has 2 aliphatic rings. The van der Waals surface area contributed by atoms with Gasteiger partial charge in [0.2, 0.25) is 5.91 Å². The Morgan fingerprint density at radius 3 is 2.33 bits per heavy atom. The normalized spacial score (nSPS) is 20.4. The Labute approximate surface area is 161 Å². The minimum atomic E-state index is -0.487. The molecular weight excluding hydrogens is 344 g/mol. The van der Waals surface area contributed by atoms with Crippen LogP contribution in [-0.2, 0) is 9.53 Å². The second-order valence-corrected chi connectivity index (χ2v) is 8.55. The van der Waals surface area contributed by atoms with Crippen molar-refractivity contribution in [3.05, 3.63) is 29.8 Å². The molecule has 2 amide bonds. The second kappa shape index (κ2) is 7.79. The smallest absolute Gasteiger partial charge is 0.410 e. The summed E-state index contributed by atoms with van der Waals surface area (Å²) >= 11 is 0. The fourth-order valence-corrected chi connectivity index (χ4v) is 3.64. The maximum absolute atomic E-state index is 12.5. The minimum Gasteiger partial charge on any atom is -0.497 e. The number of amides is 2. The lowest BCUT2D eigenvalue weighted by Gasteiger charge is -2.40. The van der Waals surface area contributed by atoms with Crippen LogP contribution in [0.2, 0.25) is 0 Å². The molecule has 0 spiro atoms. The topological polar surface area (TPSA) is 59.1 Å². The molecule has 1 unspecified atom stereocenters. The summed E-state index contributed by atoms with van der Waals surface area (Å²) in [6.45, 7) is 8.42. The Kier molecular flexibility index (Phi) is 5.63. The van der Waals surface area contributed by atoms with Crippen molar-refractivity contribution >= 4 is 12.0 Å².